The van der Waals surface area contributed by atoms with Crippen LogP contribution >= 0.6 is 23.1 Å². The summed E-state index contributed by atoms with van der Waals surface area (Å²) in [4.78, 5) is 28.0. The highest BCUT2D eigenvalue weighted by molar-refractivity contribution is 7.99. The lowest BCUT2D eigenvalue weighted by atomic mass is 10.0. The van der Waals surface area contributed by atoms with Crippen molar-refractivity contribution in [2.24, 2.45) is 5.10 Å². The highest BCUT2D eigenvalue weighted by atomic mass is 32.2. The van der Waals surface area contributed by atoms with Crippen LogP contribution in [0, 0.1) is 0 Å². The molecule has 0 bridgehead atoms. The third kappa shape index (κ3) is 7.37. The quantitative estimate of drug-likeness (QED) is 0.155. The summed E-state index contributed by atoms with van der Waals surface area (Å²) in [5.74, 6) is 1.94. The molecule has 1 N–H and O–H groups in total. The van der Waals surface area contributed by atoms with Crippen LogP contribution in [0.1, 0.15) is 44.6 Å². The summed E-state index contributed by atoms with van der Waals surface area (Å²) in [5.41, 5.74) is 3.30. The topological polar surface area (TPSA) is 120 Å². The van der Waals surface area contributed by atoms with E-state index in [9.17, 15) is 9.59 Å². The molecule has 2 amide bonds. The molecule has 5 aromatic rings. The fourth-order valence-corrected chi connectivity index (χ4v) is 6.86. The average molecular weight is 683 g/mol. The second-order valence-electron chi connectivity index (χ2n) is 10.8. The normalized spacial score (nSPS) is 14.0. The highest BCUT2D eigenvalue weighted by Gasteiger charge is 2.33. The molecule has 0 spiro atoms. The molecule has 0 unspecified atom stereocenters. The molecule has 13 heteroatoms. The first kappa shape index (κ1) is 32.8. The van der Waals surface area contributed by atoms with E-state index in [1.165, 1.54) is 18.9 Å². The van der Waals surface area contributed by atoms with E-state index in [1.807, 2.05) is 76.7 Å². The minimum Gasteiger partial charge on any atom is -0.497 e. The monoisotopic (exact) mass is 682 g/mol. The van der Waals surface area contributed by atoms with Gasteiger partial charge in [-0.1, -0.05) is 60.3 Å². The fraction of sp³-hybridized carbons (Fsp3) is 0.229. The Hall–Kier alpha value is -5.14. The molecule has 2 aromatic heterocycles. The molecule has 1 aliphatic rings. The lowest BCUT2D eigenvalue weighted by molar-refractivity contribution is -0.130. The van der Waals surface area contributed by atoms with Gasteiger partial charge < -0.3 is 24.1 Å². The SMILES string of the molecule is COc1ccc([C@@H]2CC(c3cccs3)=NN2C(=O)CSc2nnc(CNC(=O)c3ccc(OC)c(OC)c3)n2Cc2ccccc2)cc1. The zero-order chi connectivity index (χ0) is 33.5. The van der Waals surface area contributed by atoms with E-state index < -0.39 is 0 Å². The maximum atomic E-state index is 13.8. The van der Waals surface area contributed by atoms with Gasteiger partial charge in [0.2, 0.25) is 0 Å². The molecule has 11 nitrogen and oxygen atoms in total. The molecule has 3 aromatic carbocycles. The molecule has 246 valence electrons. The number of aromatic nitrogens is 3. The van der Waals surface area contributed by atoms with Crippen LogP contribution in [0.4, 0.5) is 0 Å². The number of rotatable bonds is 13. The molecule has 1 aliphatic heterocycles. The Morgan fingerprint density at radius 2 is 1.71 bits per heavy atom. The third-order valence-corrected chi connectivity index (χ3v) is 9.70. The number of thioether (sulfide) groups is 1. The summed E-state index contributed by atoms with van der Waals surface area (Å²) in [6, 6.07) is 26.4. The number of carbonyl (C=O) groups is 2. The smallest absolute Gasteiger partial charge is 0.253 e. The van der Waals surface area contributed by atoms with Gasteiger partial charge in [-0.3, -0.25) is 9.59 Å². The van der Waals surface area contributed by atoms with Crippen molar-refractivity contribution in [2.75, 3.05) is 27.1 Å². The molecule has 0 aliphatic carbocycles. The van der Waals surface area contributed by atoms with E-state index in [4.69, 9.17) is 19.3 Å². The van der Waals surface area contributed by atoms with E-state index >= 15 is 0 Å². The van der Waals surface area contributed by atoms with E-state index in [1.54, 1.807) is 48.8 Å². The van der Waals surface area contributed by atoms with Gasteiger partial charge in [0, 0.05) is 12.0 Å². The first-order valence-corrected chi connectivity index (χ1v) is 17.0. The maximum Gasteiger partial charge on any atom is 0.253 e. The Morgan fingerprint density at radius 3 is 2.42 bits per heavy atom. The van der Waals surface area contributed by atoms with Crippen molar-refractivity contribution in [3.63, 3.8) is 0 Å². The zero-order valence-corrected chi connectivity index (χ0v) is 28.3. The van der Waals surface area contributed by atoms with Crippen LogP contribution in [0.25, 0.3) is 0 Å². The molecule has 0 radical (unpaired) electrons. The number of carbonyl (C=O) groups excluding carboxylic acids is 2. The Bertz CT molecular complexity index is 1890. The van der Waals surface area contributed by atoms with Crippen molar-refractivity contribution in [2.45, 2.75) is 30.7 Å². The molecule has 0 saturated heterocycles. The molecule has 1 atom stereocenters. The molecule has 0 fully saturated rings. The minimum absolute atomic E-state index is 0.0960. The van der Waals surface area contributed by atoms with Crippen molar-refractivity contribution in [1.82, 2.24) is 25.1 Å². The van der Waals surface area contributed by atoms with Gasteiger partial charge in [-0.15, -0.1) is 21.5 Å². The lowest BCUT2D eigenvalue weighted by Gasteiger charge is -2.22. The minimum atomic E-state index is -0.299. The first-order chi connectivity index (χ1) is 23.5. The van der Waals surface area contributed by atoms with Crippen LogP contribution in [-0.4, -0.2) is 64.4 Å². The third-order valence-electron chi connectivity index (χ3n) is 7.83. The summed E-state index contributed by atoms with van der Waals surface area (Å²) < 4.78 is 17.9. The van der Waals surface area contributed by atoms with Crippen LogP contribution in [0.5, 0.6) is 17.2 Å². The molecule has 6 rings (SSSR count). The van der Waals surface area contributed by atoms with Crippen LogP contribution in [0.3, 0.4) is 0 Å². The molecule has 3 heterocycles. The van der Waals surface area contributed by atoms with Gasteiger partial charge in [-0.05, 0) is 52.9 Å². The summed E-state index contributed by atoms with van der Waals surface area (Å²) in [6.07, 6.45) is 0.608. The van der Waals surface area contributed by atoms with E-state index in [0.717, 1.165) is 27.5 Å². The van der Waals surface area contributed by atoms with Crippen molar-refractivity contribution >= 4 is 40.6 Å². The molecular weight excluding hydrogens is 649 g/mol. The number of hydrazone groups is 1. The van der Waals surface area contributed by atoms with Crippen LogP contribution < -0.4 is 19.5 Å². The Labute approximate surface area is 286 Å². The summed E-state index contributed by atoms with van der Waals surface area (Å²) in [6.45, 7) is 0.590. The van der Waals surface area contributed by atoms with E-state index in [2.05, 4.69) is 15.5 Å². The van der Waals surface area contributed by atoms with E-state index in [0.29, 0.717) is 41.0 Å². The summed E-state index contributed by atoms with van der Waals surface area (Å²) in [7, 11) is 4.69. The average Bonchev–Trinajstić information content (AvgIpc) is 3.91. The molecule has 48 heavy (non-hydrogen) atoms. The molecule has 0 saturated carbocycles. The van der Waals surface area contributed by atoms with E-state index in [-0.39, 0.29) is 30.2 Å². The van der Waals surface area contributed by atoms with Crippen molar-refractivity contribution in [3.05, 3.63) is 118 Å². The second-order valence-corrected chi connectivity index (χ2v) is 12.7. The highest BCUT2D eigenvalue weighted by Crippen LogP contribution is 2.35. The Balaban J connectivity index is 1.20. The standard InChI is InChI=1S/C35H34N6O5S2/c1-44-26-14-11-24(12-15-26)28-19-27(31-10-7-17-47-31)39-41(28)33(42)22-48-35-38-37-32(40(35)21-23-8-5-4-6-9-23)20-36-34(43)25-13-16-29(45-2)30(18-25)46-3/h4-18,28H,19-22H2,1-3H3,(H,36,43)/t28-/m0/s1. The number of nitrogens with one attached hydrogen (secondary N) is 1. The number of amides is 2. The van der Waals surface area contributed by atoms with Gasteiger partial charge in [-0.2, -0.15) is 5.10 Å². The van der Waals surface area contributed by atoms with Gasteiger partial charge in [-0.25, -0.2) is 5.01 Å². The zero-order valence-electron chi connectivity index (χ0n) is 26.7. The number of benzene rings is 3. The van der Waals surface area contributed by atoms with Crippen LogP contribution in [0.2, 0.25) is 0 Å². The second kappa shape index (κ2) is 15.2. The fourth-order valence-electron chi connectivity index (χ4n) is 5.33. The van der Waals surface area contributed by atoms with Crippen molar-refractivity contribution < 1.29 is 23.8 Å². The number of hydrogen-bond donors (Lipinski definition) is 1. The number of methoxy groups -OCH3 is 3. The van der Waals surface area contributed by atoms with Gasteiger partial charge in [0.25, 0.3) is 11.8 Å². The Kier molecular flexibility index (Phi) is 10.4. The van der Waals surface area contributed by atoms with Crippen molar-refractivity contribution in [1.29, 1.82) is 0 Å². The lowest BCUT2D eigenvalue weighted by Crippen LogP contribution is -2.28. The maximum absolute atomic E-state index is 13.8. The first-order valence-electron chi connectivity index (χ1n) is 15.1. The largest absolute Gasteiger partial charge is 0.497 e. The summed E-state index contributed by atoms with van der Waals surface area (Å²) >= 11 is 2.90. The van der Waals surface area contributed by atoms with Gasteiger partial charge in [0.15, 0.2) is 22.5 Å². The predicted molar refractivity (Wildman–Crippen MR) is 185 cm³/mol. The van der Waals surface area contributed by atoms with Gasteiger partial charge in [0.1, 0.15) is 5.75 Å². The molecular formula is C35H34N6O5S2. The Morgan fingerprint density at radius 1 is 0.917 bits per heavy atom. The summed E-state index contributed by atoms with van der Waals surface area (Å²) in [5, 5.41) is 20.7. The number of nitrogens with zero attached hydrogens (tertiary/aromatic N) is 5. The number of thiophene rings is 1. The van der Waals surface area contributed by atoms with Crippen LogP contribution in [-0.2, 0) is 17.9 Å². The number of ether oxygens (including phenoxy) is 3. The van der Waals surface area contributed by atoms with Gasteiger partial charge >= 0.3 is 0 Å². The predicted octanol–water partition coefficient (Wildman–Crippen LogP) is 5.81. The van der Waals surface area contributed by atoms with Gasteiger partial charge in [0.05, 0.1) is 56.8 Å². The van der Waals surface area contributed by atoms with Crippen LogP contribution in [0.15, 0.2) is 101 Å². The number of hydrogen-bond acceptors (Lipinski definition) is 10. The van der Waals surface area contributed by atoms with Crippen molar-refractivity contribution in [3.8, 4) is 17.2 Å².